The second kappa shape index (κ2) is 5.68. The van der Waals surface area contributed by atoms with Crippen molar-refractivity contribution < 1.29 is 8.78 Å². The number of hydrogen-bond donors (Lipinski definition) is 0. The molecule has 0 N–H and O–H groups in total. The Morgan fingerprint density at radius 2 is 1.72 bits per heavy atom. The summed E-state index contributed by atoms with van der Waals surface area (Å²) in [6.07, 6.45) is 0.349. The molecule has 1 atom stereocenters. The van der Waals surface area contributed by atoms with Gasteiger partial charge in [0.05, 0.1) is 5.38 Å². The van der Waals surface area contributed by atoms with Crippen molar-refractivity contribution in [1.82, 2.24) is 0 Å². The molecular weight excluding hydrogens is 277 g/mol. The molecule has 0 amide bonds. The summed E-state index contributed by atoms with van der Waals surface area (Å²) in [7, 11) is 0. The molecule has 0 saturated carbocycles. The third kappa shape index (κ3) is 2.82. The number of hydrogen-bond acceptors (Lipinski definition) is 0. The molecule has 0 aliphatic carbocycles. The van der Waals surface area contributed by atoms with Crippen molar-refractivity contribution in [3.63, 3.8) is 0 Å². The van der Waals surface area contributed by atoms with E-state index >= 15 is 0 Å². The molecule has 0 fully saturated rings. The molecule has 4 heteroatoms. The van der Waals surface area contributed by atoms with Crippen LogP contribution in [0, 0.1) is 11.6 Å². The molecule has 0 saturated heterocycles. The SMILES string of the molecule is Fc1cccc(C(Cl)Cc2ccccc2Cl)c1F. The maximum Gasteiger partial charge on any atom is 0.163 e. The lowest BCUT2D eigenvalue weighted by atomic mass is 10.0. The highest BCUT2D eigenvalue weighted by Gasteiger charge is 2.17. The fourth-order valence-corrected chi connectivity index (χ4v) is 2.28. The van der Waals surface area contributed by atoms with Crippen LogP contribution < -0.4 is 0 Å². The van der Waals surface area contributed by atoms with Crippen LogP contribution in [-0.2, 0) is 6.42 Å². The molecule has 2 rings (SSSR count). The highest BCUT2D eigenvalue weighted by Crippen LogP contribution is 2.30. The Morgan fingerprint density at radius 3 is 2.44 bits per heavy atom. The molecule has 2 aromatic carbocycles. The highest BCUT2D eigenvalue weighted by molar-refractivity contribution is 6.31. The lowest BCUT2D eigenvalue weighted by molar-refractivity contribution is 0.497. The molecule has 94 valence electrons. The molecule has 0 aliphatic heterocycles. The largest absolute Gasteiger partial charge is 0.204 e. The number of rotatable bonds is 3. The first-order chi connectivity index (χ1) is 8.59. The van der Waals surface area contributed by atoms with Gasteiger partial charge in [0.15, 0.2) is 11.6 Å². The van der Waals surface area contributed by atoms with Gasteiger partial charge in [0.25, 0.3) is 0 Å². The molecule has 0 nitrogen and oxygen atoms in total. The van der Waals surface area contributed by atoms with E-state index in [0.717, 1.165) is 11.6 Å². The van der Waals surface area contributed by atoms with Crippen LogP contribution in [-0.4, -0.2) is 0 Å². The summed E-state index contributed by atoms with van der Waals surface area (Å²) >= 11 is 12.1. The Bertz CT molecular complexity index is 555. The van der Waals surface area contributed by atoms with Crippen LogP contribution in [0.2, 0.25) is 5.02 Å². The molecule has 0 heterocycles. The Kier molecular flexibility index (Phi) is 4.20. The van der Waals surface area contributed by atoms with Crippen LogP contribution in [0.3, 0.4) is 0 Å². The Balaban J connectivity index is 2.25. The zero-order valence-corrected chi connectivity index (χ0v) is 10.8. The van der Waals surface area contributed by atoms with E-state index in [-0.39, 0.29) is 5.56 Å². The summed E-state index contributed by atoms with van der Waals surface area (Å²) in [4.78, 5) is 0. The van der Waals surface area contributed by atoms with E-state index in [1.807, 2.05) is 12.1 Å². The molecule has 0 aliphatic rings. The molecule has 0 bridgehead atoms. The predicted molar refractivity (Wildman–Crippen MR) is 70.1 cm³/mol. The van der Waals surface area contributed by atoms with Crippen molar-refractivity contribution in [3.8, 4) is 0 Å². The van der Waals surface area contributed by atoms with Gasteiger partial charge in [-0.25, -0.2) is 8.78 Å². The standard InChI is InChI=1S/C14H10Cl2F2/c15-11-6-2-1-4-9(11)8-12(16)10-5-3-7-13(17)14(10)18/h1-7,12H,8H2. The van der Waals surface area contributed by atoms with Gasteiger partial charge in [0.1, 0.15) is 0 Å². The summed E-state index contributed by atoms with van der Waals surface area (Å²) < 4.78 is 26.7. The van der Waals surface area contributed by atoms with E-state index in [1.54, 1.807) is 12.1 Å². The van der Waals surface area contributed by atoms with Gasteiger partial charge in [0.2, 0.25) is 0 Å². The van der Waals surface area contributed by atoms with Gasteiger partial charge in [-0.1, -0.05) is 41.9 Å². The summed E-state index contributed by atoms with van der Waals surface area (Å²) in [5.74, 6) is -1.79. The smallest absolute Gasteiger partial charge is 0.163 e. The fraction of sp³-hybridized carbons (Fsp3) is 0.143. The molecule has 0 spiro atoms. The van der Waals surface area contributed by atoms with Gasteiger partial charge in [-0.05, 0) is 24.1 Å². The molecule has 0 radical (unpaired) electrons. The van der Waals surface area contributed by atoms with Crippen LogP contribution in [0.25, 0.3) is 0 Å². The Morgan fingerprint density at radius 1 is 1.00 bits per heavy atom. The first-order valence-corrected chi connectivity index (χ1v) is 6.22. The van der Waals surface area contributed by atoms with Gasteiger partial charge in [-0.3, -0.25) is 0 Å². The van der Waals surface area contributed by atoms with Crippen LogP contribution in [0.1, 0.15) is 16.5 Å². The van der Waals surface area contributed by atoms with Crippen molar-refractivity contribution in [3.05, 3.63) is 70.2 Å². The van der Waals surface area contributed by atoms with Crippen LogP contribution in [0.4, 0.5) is 8.78 Å². The molecule has 18 heavy (non-hydrogen) atoms. The van der Waals surface area contributed by atoms with Crippen molar-refractivity contribution in [2.75, 3.05) is 0 Å². The monoisotopic (exact) mass is 286 g/mol. The molecule has 1 unspecified atom stereocenters. The molecular formula is C14H10Cl2F2. The topological polar surface area (TPSA) is 0 Å². The van der Waals surface area contributed by atoms with E-state index in [2.05, 4.69) is 0 Å². The molecule has 2 aromatic rings. The van der Waals surface area contributed by atoms with Gasteiger partial charge in [0, 0.05) is 10.6 Å². The minimum Gasteiger partial charge on any atom is -0.204 e. The average Bonchev–Trinajstić information content (AvgIpc) is 2.35. The van der Waals surface area contributed by atoms with E-state index < -0.39 is 17.0 Å². The van der Waals surface area contributed by atoms with Crippen LogP contribution in [0.15, 0.2) is 42.5 Å². The van der Waals surface area contributed by atoms with Crippen molar-refractivity contribution in [2.45, 2.75) is 11.8 Å². The van der Waals surface area contributed by atoms with Gasteiger partial charge in [-0.15, -0.1) is 11.6 Å². The Hall–Kier alpha value is -1.12. The van der Waals surface area contributed by atoms with E-state index in [4.69, 9.17) is 23.2 Å². The maximum absolute atomic E-state index is 13.6. The summed E-state index contributed by atoms with van der Waals surface area (Å²) in [6, 6.07) is 11.2. The first kappa shape index (κ1) is 13.3. The Labute approximate surface area is 114 Å². The summed E-state index contributed by atoms with van der Waals surface area (Å²) in [5.41, 5.74) is 0.958. The normalized spacial score (nSPS) is 12.4. The van der Waals surface area contributed by atoms with Crippen LogP contribution in [0.5, 0.6) is 0 Å². The van der Waals surface area contributed by atoms with Crippen LogP contribution >= 0.6 is 23.2 Å². The van der Waals surface area contributed by atoms with Crippen molar-refractivity contribution in [1.29, 1.82) is 0 Å². The van der Waals surface area contributed by atoms with Crippen molar-refractivity contribution >= 4 is 23.2 Å². The van der Waals surface area contributed by atoms with Gasteiger partial charge in [-0.2, -0.15) is 0 Å². The highest BCUT2D eigenvalue weighted by atomic mass is 35.5. The van der Waals surface area contributed by atoms with E-state index in [0.29, 0.717) is 11.4 Å². The summed E-state index contributed by atoms with van der Waals surface area (Å²) in [6.45, 7) is 0. The second-order valence-electron chi connectivity index (χ2n) is 3.91. The zero-order chi connectivity index (χ0) is 13.1. The third-order valence-electron chi connectivity index (χ3n) is 2.68. The number of halogens is 4. The van der Waals surface area contributed by atoms with E-state index in [9.17, 15) is 8.78 Å². The third-order valence-corrected chi connectivity index (χ3v) is 3.43. The maximum atomic E-state index is 13.6. The van der Waals surface area contributed by atoms with Gasteiger partial charge >= 0.3 is 0 Å². The van der Waals surface area contributed by atoms with E-state index in [1.165, 1.54) is 12.1 Å². The number of benzene rings is 2. The lowest BCUT2D eigenvalue weighted by Gasteiger charge is -2.12. The quantitative estimate of drug-likeness (QED) is 0.685. The first-order valence-electron chi connectivity index (χ1n) is 5.41. The average molecular weight is 287 g/mol. The zero-order valence-electron chi connectivity index (χ0n) is 9.34. The minimum absolute atomic E-state index is 0.150. The minimum atomic E-state index is -0.899. The lowest BCUT2D eigenvalue weighted by Crippen LogP contribution is -2.01. The van der Waals surface area contributed by atoms with Crippen molar-refractivity contribution in [2.24, 2.45) is 0 Å². The second-order valence-corrected chi connectivity index (χ2v) is 4.84. The number of alkyl halides is 1. The molecule has 0 aromatic heterocycles. The van der Waals surface area contributed by atoms with Gasteiger partial charge < -0.3 is 0 Å². The summed E-state index contributed by atoms with van der Waals surface area (Å²) in [5, 5.41) is -0.0828. The predicted octanol–water partition coefficient (Wildman–Crippen LogP) is 5.14. The fourth-order valence-electron chi connectivity index (χ4n) is 1.73.